The lowest BCUT2D eigenvalue weighted by molar-refractivity contribution is 0.0501. The van der Waals surface area contributed by atoms with E-state index in [2.05, 4.69) is 6.92 Å². The number of fused-ring (bicyclic) bond motifs is 2. The molecule has 0 spiro atoms. The number of aromatic nitrogens is 3. The molecule has 4 aromatic rings. The van der Waals surface area contributed by atoms with Gasteiger partial charge in [-0.3, -0.25) is 4.57 Å². The van der Waals surface area contributed by atoms with Gasteiger partial charge in [-0.15, -0.1) is 0 Å². The Balaban J connectivity index is 1.91. The summed E-state index contributed by atoms with van der Waals surface area (Å²) >= 11 is 0. The van der Waals surface area contributed by atoms with Crippen LogP contribution in [-0.4, -0.2) is 34.2 Å². The molecule has 0 saturated carbocycles. The van der Waals surface area contributed by atoms with E-state index in [1.807, 2.05) is 48.5 Å². The monoisotopic (exact) mass is 404 g/mol. The van der Waals surface area contributed by atoms with Crippen LogP contribution in [0.25, 0.3) is 27.9 Å². The Morgan fingerprint density at radius 3 is 2.57 bits per heavy atom. The highest BCUT2D eigenvalue weighted by Crippen LogP contribution is 2.32. The first-order valence-corrected chi connectivity index (χ1v) is 10.0. The van der Waals surface area contributed by atoms with E-state index >= 15 is 0 Å². The second-order valence-corrected chi connectivity index (χ2v) is 7.02. The number of hydrogen-bond donors (Lipinski definition) is 1. The van der Waals surface area contributed by atoms with Crippen LogP contribution in [0.15, 0.2) is 48.5 Å². The Kier molecular flexibility index (Phi) is 5.52. The van der Waals surface area contributed by atoms with E-state index in [0.29, 0.717) is 29.0 Å². The normalized spacial score (nSPS) is 11.1. The van der Waals surface area contributed by atoms with E-state index in [-0.39, 0.29) is 11.4 Å². The number of para-hydroxylation sites is 2. The van der Waals surface area contributed by atoms with Gasteiger partial charge in [0.05, 0.1) is 30.4 Å². The molecular weight excluding hydrogens is 380 g/mol. The van der Waals surface area contributed by atoms with Gasteiger partial charge in [0.1, 0.15) is 22.6 Å². The first kappa shape index (κ1) is 19.7. The lowest BCUT2D eigenvalue weighted by Crippen LogP contribution is -2.10. The second-order valence-electron chi connectivity index (χ2n) is 7.02. The number of ether oxygens (including phenoxy) is 2. The Morgan fingerprint density at radius 2 is 1.83 bits per heavy atom. The van der Waals surface area contributed by atoms with Gasteiger partial charge in [-0.2, -0.15) is 0 Å². The number of carbonyl (C=O) groups excluding carboxylic acids is 1. The second kappa shape index (κ2) is 8.41. The van der Waals surface area contributed by atoms with E-state index in [1.54, 1.807) is 11.7 Å². The summed E-state index contributed by atoms with van der Waals surface area (Å²) in [6.45, 7) is 2.45. The van der Waals surface area contributed by atoms with E-state index in [0.717, 1.165) is 30.5 Å². The zero-order chi connectivity index (χ0) is 21.1. The third-order valence-corrected chi connectivity index (χ3v) is 4.99. The number of rotatable bonds is 7. The average molecular weight is 404 g/mol. The molecule has 0 aliphatic heterocycles. The van der Waals surface area contributed by atoms with Gasteiger partial charge in [0.25, 0.3) is 0 Å². The minimum Gasteiger partial charge on any atom is -0.497 e. The minimum atomic E-state index is -0.486. The Hall–Kier alpha value is -3.61. The lowest BCUT2D eigenvalue weighted by Gasteiger charge is -2.09. The number of anilines is 1. The van der Waals surface area contributed by atoms with Gasteiger partial charge in [-0.25, -0.2) is 14.8 Å². The van der Waals surface area contributed by atoms with Crippen LogP contribution in [0.5, 0.6) is 5.75 Å². The molecule has 0 fully saturated rings. The van der Waals surface area contributed by atoms with Crippen LogP contribution in [0.3, 0.4) is 0 Å². The Morgan fingerprint density at radius 1 is 1.07 bits per heavy atom. The zero-order valence-corrected chi connectivity index (χ0v) is 17.1. The fourth-order valence-corrected chi connectivity index (χ4v) is 3.46. The van der Waals surface area contributed by atoms with Crippen LogP contribution in [0.2, 0.25) is 0 Å². The Bertz CT molecular complexity index is 1220. The van der Waals surface area contributed by atoms with Crippen molar-refractivity contribution >= 4 is 34.0 Å². The van der Waals surface area contributed by atoms with E-state index in [4.69, 9.17) is 25.2 Å². The number of methoxy groups -OCH3 is 1. The van der Waals surface area contributed by atoms with Crippen LogP contribution in [-0.2, 0) is 4.74 Å². The predicted octanol–water partition coefficient (Wildman–Crippen LogP) is 4.51. The highest BCUT2D eigenvalue weighted by molar-refractivity contribution is 6.09. The number of hydrogen-bond acceptors (Lipinski definition) is 6. The molecule has 0 aliphatic carbocycles. The molecule has 7 heteroatoms. The van der Waals surface area contributed by atoms with Crippen molar-refractivity contribution in [2.45, 2.75) is 26.2 Å². The van der Waals surface area contributed by atoms with Crippen molar-refractivity contribution in [2.75, 3.05) is 19.5 Å². The molecule has 2 heterocycles. The van der Waals surface area contributed by atoms with Crippen LogP contribution in [0.1, 0.15) is 36.5 Å². The maximum Gasteiger partial charge on any atom is 0.344 e. The minimum absolute atomic E-state index is 0.238. The third kappa shape index (κ3) is 3.54. The lowest BCUT2D eigenvalue weighted by atomic mass is 10.2. The van der Waals surface area contributed by atoms with Crippen LogP contribution in [0, 0.1) is 0 Å². The molecule has 2 aromatic heterocycles. The summed E-state index contributed by atoms with van der Waals surface area (Å²) in [6, 6.07) is 14.9. The molecule has 0 bridgehead atoms. The number of nitrogen functional groups attached to an aromatic ring is 1. The summed E-state index contributed by atoms with van der Waals surface area (Å²) in [5.41, 5.74) is 9.77. The number of esters is 1. The quantitative estimate of drug-likeness (QED) is 0.360. The van der Waals surface area contributed by atoms with Crippen molar-refractivity contribution in [2.24, 2.45) is 0 Å². The molecule has 7 nitrogen and oxygen atoms in total. The van der Waals surface area contributed by atoms with Gasteiger partial charge in [0.15, 0.2) is 5.65 Å². The molecule has 0 atom stereocenters. The van der Waals surface area contributed by atoms with Crippen molar-refractivity contribution < 1.29 is 14.3 Å². The van der Waals surface area contributed by atoms with E-state index < -0.39 is 5.97 Å². The van der Waals surface area contributed by atoms with Crippen molar-refractivity contribution in [3.63, 3.8) is 0 Å². The molecule has 2 aromatic carbocycles. The smallest absolute Gasteiger partial charge is 0.344 e. The molecule has 30 heavy (non-hydrogen) atoms. The largest absolute Gasteiger partial charge is 0.497 e. The van der Waals surface area contributed by atoms with Crippen molar-refractivity contribution in [1.29, 1.82) is 0 Å². The highest BCUT2D eigenvalue weighted by atomic mass is 16.5. The maximum absolute atomic E-state index is 12.9. The van der Waals surface area contributed by atoms with Gasteiger partial charge in [-0.05, 0) is 30.7 Å². The average Bonchev–Trinajstić information content (AvgIpc) is 3.05. The summed E-state index contributed by atoms with van der Waals surface area (Å²) in [5, 5.41) is 0. The molecule has 154 valence electrons. The summed E-state index contributed by atoms with van der Waals surface area (Å²) < 4.78 is 12.6. The number of carbonyl (C=O) groups is 1. The summed E-state index contributed by atoms with van der Waals surface area (Å²) in [4.78, 5) is 22.4. The van der Waals surface area contributed by atoms with Gasteiger partial charge in [0, 0.05) is 6.07 Å². The summed E-state index contributed by atoms with van der Waals surface area (Å²) in [6.07, 6.45) is 2.86. The topological polar surface area (TPSA) is 92.3 Å². The fraction of sp³-hybridized carbons (Fsp3) is 0.261. The van der Waals surface area contributed by atoms with Gasteiger partial charge < -0.3 is 15.2 Å². The van der Waals surface area contributed by atoms with Gasteiger partial charge >= 0.3 is 5.97 Å². The molecule has 0 radical (unpaired) electrons. The van der Waals surface area contributed by atoms with Crippen LogP contribution < -0.4 is 10.5 Å². The molecule has 2 N–H and O–H groups in total. The molecule has 0 aliphatic rings. The van der Waals surface area contributed by atoms with Crippen molar-refractivity contribution in [3.8, 4) is 11.4 Å². The number of nitrogens with two attached hydrogens (primary N) is 1. The molecule has 4 rings (SSSR count). The zero-order valence-electron chi connectivity index (χ0n) is 17.1. The SMILES string of the molecule is CCCCCOC(=O)c1c(N)n(-c2cccc(OC)c2)c2nc3ccccc3nc12. The van der Waals surface area contributed by atoms with Crippen LogP contribution in [0.4, 0.5) is 5.82 Å². The predicted molar refractivity (Wildman–Crippen MR) is 117 cm³/mol. The molecule has 0 saturated heterocycles. The number of unbranched alkanes of at least 4 members (excludes halogenated alkanes) is 2. The molecular formula is C23H24N4O3. The third-order valence-electron chi connectivity index (χ3n) is 4.99. The van der Waals surface area contributed by atoms with Gasteiger partial charge in [-0.1, -0.05) is 38.0 Å². The Labute approximate surface area is 174 Å². The van der Waals surface area contributed by atoms with Crippen LogP contribution >= 0.6 is 0 Å². The molecule has 0 amide bonds. The summed E-state index contributed by atoms with van der Waals surface area (Å²) in [7, 11) is 1.60. The van der Waals surface area contributed by atoms with Gasteiger partial charge in [0.2, 0.25) is 0 Å². The first-order valence-electron chi connectivity index (χ1n) is 10.0. The van der Waals surface area contributed by atoms with E-state index in [1.165, 1.54) is 0 Å². The standard InChI is InChI=1S/C23H24N4O3/c1-3-4-7-13-30-23(28)19-20-22(26-18-12-6-5-11-17(18)25-20)27(21(19)24)15-9-8-10-16(14-15)29-2/h5-6,8-12,14H,3-4,7,13,24H2,1-2H3. The van der Waals surface area contributed by atoms with Crippen molar-refractivity contribution in [3.05, 3.63) is 54.1 Å². The first-order chi connectivity index (χ1) is 14.6. The van der Waals surface area contributed by atoms with E-state index in [9.17, 15) is 4.79 Å². The highest BCUT2D eigenvalue weighted by Gasteiger charge is 2.26. The fourth-order valence-electron chi connectivity index (χ4n) is 3.46. The number of benzene rings is 2. The number of nitrogens with zero attached hydrogens (tertiary/aromatic N) is 3. The maximum atomic E-state index is 12.9. The summed E-state index contributed by atoms with van der Waals surface area (Å²) in [5.74, 6) is 0.431. The molecule has 0 unspecified atom stereocenters. The van der Waals surface area contributed by atoms with Crippen molar-refractivity contribution in [1.82, 2.24) is 14.5 Å².